The minimum atomic E-state index is -5.00. The molecule has 5 heterocycles. The van der Waals surface area contributed by atoms with Gasteiger partial charge in [0.05, 0.1) is 22.8 Å². The molecule has 14 nitrogen and oxygen atoms in total. The average molecular weight is 1370 g/mol. The Balaban J connectivity index is 0.000000311. The van der Waals surface area contributed by atoms with Gasteiger partial charge in [-0.05, 0) is 169 Å². The summed E-state index contributed by atoms with van der Waals surface area (Å²) in [5, 5.41) is 14.2. The summed E-state index contributed by atoms with van der Waals surface area (Å²) in [6.45, 7) is 2.83. The van der Waals surface area contributed by atoms with Crippen molar-refractivity contribution in [2.75, 3.05) is 0 Å². The Kier molecular flexibility index (Phi) is 25.8. The molecule has 0 radical (unpaired) electrons. The van der Waals surface area contributed by atoms with E-state index in [1.807, 2.05) is 12.1 Å². The number of nitrogens with one attached hydrogen (secondary N) is 4. The molecule has 8 rings (SSSR count). The topological polar surface area (TPSA) is 226 Å². The fourth-order valence-corrected chi connectivity index (χ4v) is 9.35. The molecule has 0 saturated heterocycles. The van der Waals surface area contributed by atoms with Crippen molar-refractivity contribution in [3.05, 3.63) is 247 Å². The predicted octanol–water partition coefficient (Wildman–Crippen LogP) is 18.0. The normalized spacial score (nSPS) is 12.3. The zero-order valence-electron chi connectivity index (χ0n) is 48.1. The number of carbonyl (C=O) groups excluding carboxylic acids is 3. The fraction of sp³-hybridized carbons (Fsp3) is 0.119. The van der Waals surface area contributed by atoms with Crippen LogP contribution in [-0.2, 0) is 54.5 Å². The van der Waals surface area contributed by atoms with Gasteiger partial charge in [0.25, 0.3) is 19.4 Å². The second-order valence-electron chi connectivity index (χ2n) is 19.4. The van der Waals surface area contributed by atoms with Crippen molar-refractivity contribution in [1.82, 2.24) is 19.9 Å². The standard InChI is InChI=1S/C42H26F3N3O6.C25H25F6N5S.Ru/c43-33-7-1-4-30(21-33)40(52-24-49)18-27-10-12-46-36(14-27)38-16-29(20-42(54-26-51)32-6-3-9-35(45)23-32)17-39(48-38)37-15-28(11-13-47-37)19-41(53-25-50)31-5-2-8-34(44)22-31;1-2-3-4-5-6-16-9-10-17(37-16)8-7-15-11-20(18(32)13-22(34)24(26,27)28)36-21(12-15)19(33)14-23(35)25(29,30)31;/h1-26H;7-14,32-35H,2-6H2,1H3;/q;-2;+2/b40-18+,41-19+,42-20+;8-7+,18-13-,19-14-,34-22?,35-23?;. The van der Waals surface area contributed by atoms with Crippen molar-refractivity contribution < 1.29 is 87.6 Å². The Hall–Kier alpha value is -10.3. The van der Waals surface area contributed by atoms with Gasteiger partial charge in [-0.25, -0.2) is 18.2 Å². The van der Waals surface area contributed by atoms with Crippen LogP contribution in [0.1, 0.15) is 92.7 Å². The molecule has 4 N–H and O–H groups in total. The molecular weight excluding hydrogens is 1320 g/mol. The second-order valence-corrected chi connectivity index (χ2v) is 20.6. The number of aromatic nitrogens is 4. The van der Waals surface area contributed by atoms with Gasteiger partial charge in [-0.3, -0.25) is 40.2 Å². The second kappa shape index (κ2) is 33.5. The number of unbranched alkanes of at least 4 members (excludes halogenated alkanes) is 3. The van der Waals surface area contributed by atoms with E-state index in [2.05, 4.69) is 21.9 Å². The van der Waals surface area contributed by atoms with Gasteiger partial charge in [0.15, 0.2) is 0 Å². The molecule has 25 heteroatoms. The third-order valence-electron chi connectivity index (χ3n) is 12.7. The maximum Gasteiger partial charge on any atom is 2.00 e. The molecule has 92 heavy (non-hydrogen) atoms. The Bertz CT molecular complexity index is 3970. The van der Waals surface area contributed by atoms with Gasteiger partial charge >= 0.3 is 31.8 Å². The third-order valence-corrected chi connectivity index (χ3v) is 13.8. The minimum Gasteiger partial charge on any atom is -0.697 e. The first-order valence-electron chi connectivity index (χ1n) is 27.2. The van der Waals surface area contributed by atoms with Crippen molar-refractivity contribution >= 4 is 101 Å². The monoisotopic (exact) mass is 1370 g/mol. The molecule has 0 atom stereocenters. The van der Waals surface area contributed by atoms with Crippen LogP contribution in [-0.4, -0.2) is 63.1 Å². The summed E-state index contributed by atoms with van der Waals surface area (Å²) in [7, 11) is 0. The van der Waals surface area contributed by atoms with E-state index >= 15 is 0 Å². The van der Waals surface area contributed by atoms with Crippen LogP contribution < -0.4 is 0 Å². The molecule has 0 spiro atoms. The van der Waals surface area contributed by atoms with Crippen LogP contribution in [0.5, 0.6) is 0 Å². The van der Waals surface area contributed by atoms with Gasteiger partial charge < -0.3 is 25.7 Å². The molecule has 0 aliphatic rings. The molecule has 472 valence electrons. The Morgan fingerprint density at radius 2 is 0.935 bits per heavy atom. The molecule has 0 amide bonds. The predicted molar refractivity (Wildman–Crippen MR) is 332 cm³/mol. The largest absolute Gasteiger partial charge is 2.00 e. The van der Waals surface area contributed by atoms with E-state index < -0.39 is 52.6 Å². The Morgan fingerprint density at radius 1 is 0.511 bits per heavy atom. The van der Waals surface area contributed by atoms with Crippen molar-refractivity contribution in [2.45, 2.75) is 51.4 Å². The fourth-order valence-electron chi connectivity index (χ4n) is 8.39. The number of ether oxygens (including phenoxy) is 3. The number of rotatable bonds is 25. The summed E-state index contributed by atoms with van der Waals surface area (Å²) in [4.78, 5) is 53.9. The summed E-state index contributed by atoms with van der Waals surface area (Å²) in [6.07, 6.45) is 6.74. The molecule has 0 bridgehead atoms. The number of benzene rings is 3. The quantitative estimate of drug-likeness (QED) is 0.0105. The van der Waals surface area contributed by atoms with Gasteiger partial charge in [0.2, 0.25) is 0 Å². The maximum atomic E-state index is 14.2. The first-order chi connectivity index (χ1) is 43.5. The van der Waals surface area contributed by atoms with Crippen LogP contribution >= 0.6 is 11.3 Å². The van der Waals surface area contributed by atoms with E-state index in [1.165, 1.54) is 102 Å². The molecule has 0 aliphatic heterocycles. The van der Waals surface area contributed by atoms with Gasteiger partial charge in [-0.15, -0.1) is 22.7 Å². The molecule has 0 unspecified atom stereocenters. The molecule has 3 aromatic carbocycles. The third kappa shape index (κ3) is 21.2. The minimum absolute atomic E-state index is 0. The van der Waals surface area contributed by atoms with Crippen LogP contribution in [0.15, 0.2) is 158 Å². The van der Waals surface area contributed by atoms with E-state index in [9.17, 15) is 53.9 Å². The van der Waals surface area contributed by atoms with Crippen LogP contribution in [0.4, 0.5) is 39.5 Å². The van der Waals surface area contributed by atoms with Gasteiger partial charge in [-0.1, -0.05) is 68.7 Å². The molecule has 0 saturated carbocycles. The number of nitrogens with zero attached hydrogens (tertiary/aromatic N) is 4. The zero-order valence-corrected chi connectivity index (χ0v) is 50.6. The van der Waals surface area contributed by atoms with E-state index in [-0.39, 0.29) is 90.8 Å². The van der Waals surface area contributed by atoms with Crippen molar-refractivity contribution in [1.29, 1.82) is 10.8 Å². The number of carbonyl (C=O) groups is 3. The van der Waals surface area contributed by atoms with Crippen molar-refractivity contribution in [3.63, 3.8) is 0 Å². The van der Waals surface area contributed by atoms with Crippen LogP contribution in [0.25, 0.3) is 93.3 Å². The number of halogens is 9. The summed E-state index contributed by atoms with van der Waals surface area (Å²) >= 11 is 1.55. The van der Waals surface area contributed by atoms with Gasteiger partial charge in [0, 0.05) is 50.2 Å². The Labute approximate surface area is 538 Å². The smallest absolute Gasteiger partial charge is 0.697 e. The first-order valence-corrected chi connectivity index (χ1v) is 28.0. The molecule has 8 aromatic rings. The van der Waals surface area contributed by atoms with E-state index in [0.717, 1.165) is 37.0 Å². The number of hydrogen-bond donors (Lipinski definition) is 2. The van der Waals surface area contributed by atoms with Gasteiger partial charge in [-0.2, -0.15) is 26.3 Å². The Morgan fingerprint density at radius 3 is 1.34 bits per heavy atom. The maximum absolute atomic E-state index is 14.2. The van der Waals surface area contributed by atoms with Crippen LogP contribution in [0, 0.1) is 28.3 Å². The van der Waals surface area contributed by atoms with E-state index in [0.29, 0.717) is 50.6 Å². The van der Waals surface area contributed by atoms with Crippen LogP contribution in [0.3, 0.4) is 0 Å². The summed E-state index contributed by atoms with van der Waals surface area (Å²) in [6, 6.07) is 32.9. The number of allylic oxidation sites excluding steroid dienone is 2. The summed E-state index contributed by atoms with van der Waals surface area (Å²) in [5.41, 5.74) is 14.0. The summed E-state index contributed by atoms with van der Waals surface area (Å²) in [5.74, 6) is -1.37. The SMILES string of the molecule is CCCCCCc1ccc(/C=C/c2cc(/C([NH-])=C/C(=N)C(F)(F)F)nc(/C([NH-])=C/C(=N)C(F)(F)F)c2)s1.O=CO/C(=C/c1ccnc(-c2cc(/C=C(/OC=O)c3cccc(F)c3)cc(-c3cc(/C=C(/OC=O)c4cccc(F)c4)ccn3)n2)c1)c1cccc(F)c1.[Ru+2]. The van der Waals surface area contributed by atoms with Crippen LogP contribution in [0.2, 0.25) is 0 Å². The number of thiophene rings is 1. The number of pyridine rings is 4. The van der Waals surface area contributed by atoms with E-state index in [4.69, 9.17) is 41.5 Å². The van der Waals surface area contributed by atoms with Gasteiger partial charge in [0.1, 0.15) is 46.2 Å². The van der Waals surface area contributed by atoms with E-state index in [1.54, 1.807) is 78.1 Å². The molecule has 0 aliphatic carbocycles. The first kappa shape index (κ1) is 70.8. The molecule has 0 fully saturated rings. The number of hydrogen-bond acceptors (Lipinski definition) is 13. The number of alkyl halides is 6. The molecular formula is C67H51F9N8O6RuS. The number of aryl methyl sites for hydroxylation is 1. The summed E-state index contributed by atoms with van der Waals surface area (Å²) < 4.78 is 134. The average Bonchev–Trinajstić information content (AvgIpc) is 1.23. The van der Waals surface area contributed by atoms with Crippen molar-refractivity contribution in [2.24, 2.45) is 0 Å². The zero-order chi connectivity index (χ0) is 65.7. The molecule has 5 aromatic heterocycles. The van der Waals surface area contributed by atoms with Crippen molar-refractivity contribution in [3.8, 4) is 22.8 Å².